The second-order valence-corrected chi connectivity index (χ2v) is 5.50. The van der Waals surface area contributed by atoms with Crippen molar-refractivity contribution in [3.05, 3.63) is 72.3 Å². The normalized spacial score (nSPS) is 12.1. The quantitative estimate of drug-likeness (QED) is 0.737. The predicted molar refractivity (Wildman–Crippen MR) is 94.0 cm³/mol. The Labute approximate surface area is 136 Å². The van der Waals surface area contributed by atoms with Crippen molar-refractivity contribution in [3.8, 4) is 11.5 Å². The molecule has 0 fully saturated rings. The molecule has 0 saturated heterocycles. The Morgan fingerprint density at radius 3 is 2.61 bits per heavy atom. The number of methoxy groups -OCH3 is 1. The summed E-state index contributed by atoms with van der Waals surface area (Å²) < 4.78 is 11.2. The van der Waals surface area contributed by atoms with Crippen LogP contribution in [0, 0.1) is 0 Å². The molecule has 3 heteroatoms. The molecule has 0 aromatic heterocycles. The van der Waals surface area contributed by atoms with Gasteiger partial charge < -0.3 is 15.2 Å². The Bertz CT molecular complexity index is 780. The van der Waals surface area contributed by atoms with Gasteiger partial charge in [-0.05, 0) is 29.1 Å². The van der Waals surface area contributed by atoms with Crippen molar-refractivity contribution in [2.24, 2.45) is 5.73 Å². The number of hydrogen-bond donors (Lipinski definition) is 1. The van der Waals surface area contributed by atoms with Crippen LogP contribution >= 0.6 is 0 Å². The van der Waals surface area contributed by atoms with E-state index in [4.69, 9.17) is 15.2 Å². The summed E-state index contributed by atoms with van der Waals surface area (Å²) in [5.74, 6) is 1.73. The van der Waals surface area contributed by atoms with E-state index in [1.165, 1.54) is 5.39 Å². The number of benzene rings is 3. The molecule has 3 aromatic carbocycles. The van der Waals surface area contributed by atoms with Gasteiger partial charge in [0.25, 0.3) is 0 Å². The number of fused-ring (bicyclic) bond motifs is 1. The van der Waals surface area contributed by atoms with Crippen LogP contribution in [-0.4, -0.2) is 13.7 Å². The molecule has 0 radical (unpaired) electrons. The zero-order chi connectivity index (χ0) is 16.1. The molecule has 0 amide bonds. The van der Waals surface area contributed by atoms with Gasteiger partial charge in [0.1, 0.15) is 11.5 Å². The minimum atomic E-state index is -0.0694. The molecule has 2 N–H and O–H groups in total. The van der Waals surface area contributed by atoms with Crippen LogP contribution < -0.4 is 15.2 Å². The number of nitrogens with two attached hydrogens (primary N) is 1. The van der Waals surface area contributed by atoms with Crippen LogP contribution in [-0.2, 0) is 0 Å². The van der Waals surface area contributed by atoms with Crippen molar-refractivity contribution >= 4 is 10.8 Å². The third kappa shape index (κ3) is 3.63. The lowest BCUT2D eigenvalue weighted by Crippen LogP contribution is -2.14. The van der Waals surface area contributed by atoms with Crippen molar-refractivity contribution in [1.82, 2.24) is 0 Å². The summed E-state index contributed by atoms with van der Waals surface area (Å²) in [6.07, 6.45) is 0.746. The van der Waals surface area contributed by atoms with E-state index < -0.39 is 0 Å². The molecule has 0 saturated carbocycles. The second-order valence-electron chi connectivity index (χ2n) is 5.50. The molecule has 0 aliphatic rings. The van der Waals surface area contributed by atoms with Crippen molar-refractivity contribution in [3.63, 3.8) is 0 Å². The standard InChI is InChI=1S/C20H21NO2/c1-22-17-9-4-8-16(14-17)19(21)12-13-23-20-11-5-7-15-6-2-3-10-18(15)20/h2-11,14,19H,12-13,21H2,1H3/t19-/m0/s1. The molecule has 0 aliphatic carbocycles. The molecular weight excluding hydrogens is 286 g/mol. The number of ether oxygens (including phenoxy) is 2. The Hall–Kier alpha value is -2.52. The minimum Gasteiger partial charge on any atom is -0.497 e. The molecule has 3 aromatic rings. The topological polar surface area (TPSA) is 44.5 Å². The van der Waals surface area contributed by atoms with Crippen molar-refractivity contribution in [2.75, 3.05) is 13.7 Å². The Morgan fingerprint density at radius 1 is 0.957 bits per heavy atom. The van der Waals surface area contributed by atoms with Gasteiger partial charge >= 0.3 is 0 Å². The first-order valence-electron chi connectivity index (χ1n) is 7.78. The van der Waals surface area contributed by atoms with Gasteiger partial charge in [-0.3, -0.25) is 0 Å². The second kappa shape index (κ2) is 7.16. The summed E-state index contributed by atoms with van der Waals surface area (Å²) in [6.45, 7) is 0.576. The maximum absolute atomic E-state index is 6.26. The third-order valence-corrected chi connectivity index (χ3v) is 3.96. The number of rotatable bonds is 6. The minimum absolute atomic E-state index is 0.0694. The van der Waals surface area contributed by atoms with Crippen LogP contribution in [0.1, 0.15) is 18.0 Å². The van der Waals surface area contributed by atoms with Crippen LogP contribution in [0.3, 0.4) is 0 Å². The van der Waals surface area contributed by atoms with E-state index in [0.29, 0.717) is 6.61 Å². The van der Waals surface area contributed by atoms with Crippen molar-refractivity contribution in [1.29, 1.82) is 0 Å². The summed E-state index contributed by atoms with van der Waals surface area (Å²) in [7, 11) is 1.66. The van der Waals surface area contributed by atoms with Gasteiger partial charge in [-0.15, -0.1) is 0 Å². The van der Waals surface area contributed by atoms with Gasteiger partial charge in [0.15, 0.2) is 0 Å². The van der Waals surface area contributed by atoms with E-state index in [0.717, 1.165) is 28.9 Å². The largest absolute Gasteiger partial charge is 0.497 e. The highest BCUT2D eigenvalue weighted by Gasteiger charge is 2.08. The average Bonchev–Trinajstić information content (AvgIpc) is 2.62. The van der Waals surface area contributed by atoms with Crippen LogP contribution in [0.25, 0.3) is 10.8 Å². The third-order valence-electron chi connectivity index (χ3n) is 3.96. The van der Waals surface area contributed by atoms with Crippen molar-refractivity contribution < 1.29 is 9.47 Å². The fourth-order valence-electron chi connectivity index (χ4n) is 2.66. The predicted octanol–water partition coefficient (Wildman–Crippen LogP) is 4.32. The first kappa shape index (κ1) is 15.4. The summed E-state index contributed by atoms with van der Waals surface area (Å²) in [4.78, 5) is 0. The zero-order valence-electron chi connectivity index (χ0n) is 13.2. The highest BCUT2D eigenvalue weighted by molar-refractivity contribution is 5.88. The van der Waals surface area contributed by atoms with E-state index in [9.17, 15) is 0 Å². The molecule has 0 unspecified atom stereocenters. The fraction of sp³-hybridized carbons (Fsp3) is 0.200. The van der Waals surface area contributed by atoms with Crippen LogP contribution in [0.5, 0.6) is 11.5 Å². The van der Waals surface area contributed by atoms with Crippen LogP contribution in [0.15, 0.2) is 66.7 Å². The van der Waals surface area contributed by atoms with Gasteiger partial charge in [0.2, 0.25) is 0 Å². The molecule has 0 heterocycles. The molecule has 0 bridgehead atoms. The van der Waals surface area contributed by atoms with Crippen LogP contribution in [0.2, 0.25) is 0 Å². The molecule has 23 heavy (non-hydrogen) atoms. The highest BCUT2D eigenvalue weighted by Crippen LogP contribution is 2.26. The molecule has 3 rings (SSSR count). The maximum atomic E-state index is 6.26. The smallest absolute Gasteiger partial charge is 0.127 e. The monoisotopic (exact) mass is 307 g/mol. The molecule has 3 nitrogen and oxygen atoms in total. The Balaban J connectivity index is 1.64. The SMILES string of the molecule is COc1cccc([C@@H](N)CCOc2cccc3ccccc23)c1. The molecule has 1 atom stereocenters. The summed E-state index contributed by atoms with van der Waals surface area (Å²) >= 11 is 0. The summed E-state index contributed by atoms with van der Waals surface area (Å²) in [5, 5.41) is 2.31. The van der Waals surface area contributed by atoms with E-state index >= 15 is 0 Å². The van der Waals surface area contributed by atoms with Gasteiger partial charge in [0, 0.05) is 17.8 Å². The number of hydrogen-bond acceptors (Lipinski definition) is 3. The van der Waals surface area contributed by atoms with Gasteiger partial charge in [0.05, 0.1) is 13.7 Å². The highest BCUT2D eigenvalue weighted by atomic mass is 16.5. The van der Waals surface area contributed by atoms with Crippen LogP contribution in [0.4, 0.5) is 0 Å². The van der Waals surface area contributed by atoms with Gasteiger partial charge in [-0.25, -0.2) is 0 Å². The summed E-state index contributed by atoms with van der Waals surface area (Å²) in [6, 6.07) is 22.1. The molecule has 0 aliphatic heterocycles. The van der Waals surface area contributed by atoms with E-state index in [1.807, 2.05) is 48.5 Å². The lowest BCUT2D eigenvalue weighted by Gasteiger charge is -2.14. The van der Waals surface area contributed by atoms with E-state index in [-0.39, 0.29) is 6.04 Å². The lowest BCUT2D eigenvalue weighted by molar-refractivity contribution is 0.301. The maximum Gasteiger partial charge on any atom is 0.127 e. The van der Waals surface area contributed by atoms with Gasteiger partial charge in [-0.2, -0.15) is 0 Å². The summed E-state index contributed by atoms with van der Waals surface area (Å²) in [5.41, 5.74) is 7.32. The van der Waals surface area contributed by atoms with Crippen molar-refractivity contribution in [2.45, 2.75) is 12.5 Å². The molecule has 0 spiro atoms. The first-order chi connectivity index (χ1) is 11.3. The Morgan fingerprint density at radius 2 is 1.74 bits per heavy atom. The lowest BCUT2D eigenvalue weighted by atomic mass is 10.0. The van der Waals surface area contributed by atoms with E-state index in [2.05, 4.69) is 18.2 Å². The first-order valence-corrected chi connectivity index (χ1v) is 7.78. The Kier molecular flexibility index (Phi) is 4.79. The average molecular weight is 307 g/mol. The van der Waals surface area contributed by atoms with E-state index in [1.54, 1.807) is 7.11 Å². The van der Waals surface area contributed by atoms with Gasteiger partial charge in [-0.1, -0.05) is 48.5 Å². The zero-order valence-corrected chi connectivity index (χ0v) is 13.2. The molecular formula is C20H21NO2. The fourth-order valence-corrected chi connectivity index (χ4v) is 2.66. The molecule has 118 valence electrons.